The van der Waals surface area contributed by atoms with Crippen molar-refractivity contribution in [3.63, 3.8) is 0 Å². The number of ether oxygens (including phenoxy) is 1. The Morgan fingerprint density at radius 2 is 2.07 bits per heavy atom. The molecule has 0 saturated carbocycles. The molecule has 0 spiro atoms. The Morgan fingerprint density at radius 1 is 1.50 bits per heavy atom. The predicted molar refractivity (Wildman–Crippen MR) is 42.9 cm³/mol. The molecule has 1 aromatic rings. The van der Waals surface area contributed by atoms with E-state index in [1.807, 2.05) is 4.98 Å². The minimum absolute atomic E-state index is 0.219. The first-order chi connectivity index (χ1) is 6.29. The number of nitrogens with one attached hydrogen (secondary N) is 1. The standard InChI is InChI=1S/C7H7F3N2O2/c1-3-2-4(11)6(12-5(3)13)14-7(8,9)10/h2H,11H2,1H3,(H,12,13). The Hall–Kier alpha value is -1.66. The lowest BCUT2D eigenvalue weighted by Crippen LogP contribution is -2.22. The predicted octanol–water partition coefficient (Wildman–Crippen LogP) is 1.16. The van der Waals surface area contributed by atoms with Crippen molar-refractivity contribution in [2.24, 2.45) is 0 Å². The van der Waals surface area contributed by atoms with Crippen LogP contribution in [-0.2, 0) is 0 Å². The Labute approximate surface area is 76.5 Å². The van der Waals surface area contributed by atoms with E-state index in [-0.39, 0.29) is 11.3 Å². The molecule has 1 aromatic heterocycles. The van der Waals surface area contributed by atoms with Crippen molar-refractivity contribution in [3.05, 3.63) is 22.0 Å². The van der Waals surface area contributed by atoms with E-state index in [2.05, 4.69) is 4.74 Å². The molecular formula is C7H7F3N2O2. The van der Waals surface area contributed by atoms with Crippen LogP contribution in [0.1, 0.15) is 5.56 Å². The number of H-pyrrole nitrogens is 1. The SMILES string of the molecule is Cc1cc(N)c(OC(F)(F)F)[nH]c1=O. The van der Waals surface area contributed by atoms with Gasteiger partial charge in [-0.25, -0.2) is 0 Å². The van der Waals surface area contributed by atoms with Crippen molar-refractivity contribution in [1.29, 1.82) is 0 Å². The molecule has 0 aliphatic heterocycles. The number of aryl methyl sites for hydroxylation is 1. The summed E-state index contributed by atoms with van der Waals surface area (Å²) in [6.07, 6.45) is -4.87. The second kappa shape index (κ2) is 3.24. The van der Waals surface area contributed by atoms with Gasteiger partial charge in [-0.15, -0.1) is 13.2 Å². The zero-order valence-corrected chi connectivity index (χ0v) is 7.11. The summed E-state index contributed by atoms with van der Waals surface area (Å²) in [5.74, 6) is -0.784. The third-order valence-electron chi connectivity index (χ3n) is 1.44. The van der Waals surface area contributed by atoms with Crippen LogP contribution in [0.3, 0.4) is 0 Å². The van der Waals surface area contributed by atoms with E-state index in [4.69, 9.17) is 5.73 Å². The minimum atomic E-state index is -4.87. The van der Waals surface area contributed by atoms with Gasteiger partial charge in [0.25, 0.3) is 5.56 Å². The minimum Gasteiger partial charge on any atom is -0.394 e. The maximum atomic E-state index is 11.8. The van der Waals surface area contributed by atoms with Crippen molar-refractivity contribution < 1.29 is 17.9 Å². The molecule has 0 fully saturated rings. The number of pyridine rings is 1. The average molecular weight is 208 g/mol. The molecule has 0 atom stereocenters. The monoisotopic (exact) mass is 208 g/mol. The summed E-state index contributed by atoms with van der Waals surface area (Å²) in [5.41, 5.74) is 4.49. The summed E-state index contributed by atoms with van der Waals surface area (Å²) in [6, 6.07) is 1.11. The number of rotatable bonds is 1. The molecule has 4 nitrogen and oxygen atoms in total. The fourth-order valence-corrected chi connectivity index (χ4v) is 0.838. The highest BCUT2D eigenvalue weighted by molar-refractivity contribution is 5.49. The molecule has 0 aromatic carbocycles. The summed E-state index contributed by atoms with van der Waals surface area (Å²) < 4.78 is 38.7. The number of aromatic amines is 1. The van der Waals surface area contributed by atoms with Crippen molar-refractivity contribution in [2.45, 2.75) is 13.3 Å². The lowest BCUT2D eigenvalue weighted by Gasteiger charge is -2.10. The highest BCUT2D eigenvalue weighted by Gasteiger charge is 2.32. The summed E-state index contributed by atoms with van der Waals surface area (Å²) in [6.45, 7) is 1.42. The van der Waals surface area contributed by atoms with Gasteiger partial charge in [0.05, 0.1) is 5.69 Å². The average Bonchev–Trinajstić information content (AvgIpc) is 1.97. The van der Waals surface area contributed by atoms with Crippen molar-refractivity contribution in [1.82, 2.24) is 4.98 Å². The summed E-state index contributed by atoms with van der Waals surface area (Å²) in [4.78, 5) is 12.8. The zero-order chi connectivity index (χ0) is 10.9. The van der Waals surface area contributed by atoms with Crippen LogP contribution in [0.5, 0.6) is 5.88 Å². The van der Waals surface area contributed by atoms with Gasteiger partial charge >= 0.3 is 6.36 Å². The molecule has 0 aliphatic carbocycles. The van der Waals surface area contributed by atoms with Crippen LogP contribution in [0.15, 0.2) is 10.9 Å². The smallest absolute Gasteiger partial charge is 0.394 e. The van der Waals surface area contributed by atoms with Crippen LogP contribution >= 0.6 is 0 Å². The van der Waals surface area contributed by atoms with Crippen LogP contribution in [-0.4, -0.2) is 11.3 Å². The van der Waals surface area contributed by atoms with Crippen LogP contribution in [0, 0.1) is 6.92 Å². The molecule has 7 heteroatoms. The summed E-state index contributed by atoms with van der Waals surface area (Å²) in [5, 5.41) is 0. The lowest BCUT2D eigenvalue weighted by atomic mass is 10.3. The van der Waals surface area contributed by atoms with Gasteiger partial charge < -0.3 is 10.5 Å². The zero-order valence-electron chi connectivity index (χ0n) is 7.11. The Bertz CT molecular complexity index is 397. The second-order valence-corrected chi connectivity index (χ2v) is 2.61. The highest BCUT2D eigenvalue weighted by atomic mass is 19.4. The Balaban J connectivity index is 3.11. The molecular weight excluding hydrogens is 201 g/mol. The van der Waals surface area contributed by atoms with Crippen LogP contribution in [0.2, 0.25) is 0 Å². The Kier molecular flexibility index (Phi) is 2.41. The van der Waals surface area contributed by atoms with Crippen molar-refractivity contribution in [2.75, 3.05) is 5.73 Å². The lowest BCUT2D eigenvalue weighted by molar-refractivity contribution is -0.275. The van der Waals surface area contributed by atoms with Crippen molar-refractivity contribution >= 4 is 5.69 Å². The first-order valence-electron chi connectivity index (χ1n) is 3.55. The number of nitrogens with two attached hydrogens (primary N) is 1. The molecule has 3 N–H and O–H groups in total. The van der Waals surface area contributed by atoms with Gasteiger partial charge in [-0.3, -0.25) is 9.78 Å². The van der Waals surface area contributed by atoms with Gasteiger partial charge in [0.15, 0.2) is 0 Å². The van der Waals surface area contributed by atoms with E-state index < -0.39 is 17.8 Å². The van der Waals surface area contributed by atoms with Crippen LogP contribution in [0.25, 0.3) is 0 Å². The second-order valence-electron chi connectivity index (χ2n) is 2.61. The summed E-state index contributed by atoms with van der Waals surface area (Å²) in [7, 11) is 0. The van der Waals surface area contributed by atoms with Gasteiger partial charge in [-0.2, -0.15) is 0 Å². The molecule has 0 unspecified atom stereocenters. The quantitative estimate of drug-likeness (QED) is 0.727. The van der Waals surface area contributed by atoms with Gasteiger partial charge in [0.2, 0.25) is 5.88 Å². The fraction of sp³-hybridized carbons (Fsp3) is 0.286. The molecule has 14 heavy (non-hydrogen) atoms. The molecule has 0 bridgehead atoms. The maximum absolute atomic E-state index is 11.8. The normalized spacial score (nSPS) is 11.4. The van der Waals surface area contributed by atoms with Crippen LogP contribution < -0.4 is 16.0 Å². The number of hydrogen-bond donors (Lipinski definition) is 2. The van der Waals surface area contributed by atoms with Gasteiger partial charge in [0.1, 0.15) is 0 Å². The molecule has 1 rings (SSSR count). The number of hydrogen-bond acceptors (Lipinski definition) is 3. The van der Waals surface area contributed by atoms with E-state index in [0.717, 1.165) is 6.07 Å². The molecule has 0 radical (unpaired) electrons. The first kappa shape index (κ1) is 10.4. The van der Waals surface area contributed by atoms with Crippen LogP contribution in [0.4, 0.5) is 18.9 Å². The molecule has 0 amide bonds. The molecule has 78 valence electrons. The van der Waals surface area contributed by atoms with E-state index in [0.29, 0.717) is 0 Å². The van der Waals surface area contributed by atoms with E-state index in [1.54, 1.807) is 0 Å². The third kappa shape index (κ3) is 2.41. The number of alkyl halides is 3. The first-order valence-corrected chi connectivity index (χ1v) is 3.55. The molecule has 1 heterocycles. The van der Waals surface area contributed by atoms with E-state index in [9.17, 15) is 18.0 Å². The molecule has 0 aliphatic rings. The van der Waals surface area contributed by atoms with Gasteiger partial charge in [-0.05, 0) is 13.0 Å². The molecule has 0 saturated heterocycles. The summed E-state index contributed by atoms with van der Waals surface area (Å²) >= 11 is 0. The largest absolute Gasteiger partial charge is 0.574 e. The van der Waals surface area contributed by atoms with E-state index >= 15 is 0 Å². The number of aromatic nitrogens is 1. The Morgan fingerprint density at radius 3 is 2.57 bits per heavy atom. The number of halogens is 3. The van der Waals surface area contributed by atoms with Gasteiger partial charge in [-0.1, -0.05) is 0 Å². The van der Waals surface area contributed by atoms with Gasteiger partial charge in [0, 0.05) is 5.56 Å². The fourth-order valence-electron chi connectivity index (χ4n) is 0.838. The van der Waals surface area contributed by atoms with Crippen molar-refractivity contribution in [3.8, 4) is 5.88 Å². The highest BCUT2D eigenvalue weighted by Crippen LogP contribution is 2.24. The van der Waals surface area contributed by atoms with E-state index in [1.165, 1.54) is 6.92 Å². The number of anilines is 1. The topological polar surface area (TPSA) is 68.1 Å². The maximum Gasteiger partial charge on any atom is 0.574 e. The third-order valence-corrected chi connectivity index (χ3v) is 1.44. The number of nitrogen functional groups attached to an aromatic ring is 1.